The van der Waals surface area contributed by atoms with Gasteiger partial charge in [-0.3, -0.25) is 0 Å². The van der Waals surface area contributed by atoms with E-state index >= 15 is 0 Å². The minimum absolute atomic E-state index is 0.0376. The number of aromatic nitrogens is 3. The van der Waals surface area contributed by atoms with Crippen LogP contribution in [0.15, 0.2) is 36.4 Å². The van der Waals surface area contributed by atoms with Gasteiger partial charge in [0.05, 0.1) is 30.8 Å². The van der Waals surface area contributed by atoms with Crippen LogP contribution in [-0.2, 0) is 13.1 Å². The number of methoxy groups -OCH3 is 1. The number of aliphatic hydroxyl groups excluding tert-OH is 1. The van der Waals surface area contributed by atoms with Crippen LogP contribution in [0.5, 0.6) is 5.75 Å². The fourth-order valence-corrected chi connectivity index (χ4v) is 5.39. The highest BCUT2D eigenvalue weighted by Gasteiger charge is 2.22. The van der Waals surface area contributed by atoms with Crippen LogP contribution in [0.1, 0.15) is 62.1 Å². The number of benzene rings is 2. The number of nitrogens with one attached hydrogen (secondary N) is 2. The first-order valence-corrected chi connectivity index (χ1v) is 13.8. The van der Waals surface area contributed by atoms with Crippen molar-refractivity contribution in [1.82, 2.24) is 19.9 Å². The Morgan fingerprint density at radius 1 is 1.21 bits per heavy atom. The van der Waals surface area contributed by atoms with Crippen molar-refractivity contribution in [3.63, 3.8) is 0 Å². The van der Waals surface area contributed by atoms with E-state index < -0.39 is 0 Å². The van der Waals surface area contributed by atoms with Gasteiger partial charge in [-0.15, -0.1) is 0 Å². The monoisotopic (exact) mass is 527 g/mol. The zero-order valence-corrected chi connectivity index (χ0v) is 22.7. The molecule has 0 bridgehead atoms. The Hall–Kier alpha value is -3.87. The Morgan fingerprint density at radius 2 is 2.05 bits per heavy atom. The summed E-state index contributed by atoms with van der Waals surface area (Å²) >= 11 is 0. The van der Waals surface area contributed by atoms with Gasteiger partial charge < -0.3 is 30.8 Å². The fourth-order valence-electron chi connectivity index (χ4n) is 5.39. The summed E-state index contributed by atoms with van der Waals surface area (Å²) in [4.78, 5) is 9.23. The maximum atomic E-state index is 9.64. The molecule has 9 nitrogen and oxygen atoms in total. The molecule has 0 saturated heterocycles. The van der Waals surface area contributed by atoms with Gasteiger partial charge >= 0.3 is 0 Å². The van der Waals surface area contributed by atoms with Crippen molar-refractivity contribution in [1.29, 1.82) is 5.26 Å². The molecule has 5 N–H and O–H groups in total. The molecule has 0 radical (unpaired) electrons. The topological polar surface area (TPSA) is 134 Å². The number of anilines is 2. The molecule has 2 aromatic heterocycles. The third-order valence-corrected chi connectivity index (χ3v) is 7.68. The fraction of sp³-hybridized carbons (Fsp3) is 0.433. The number of rotatable bonds is 12. The third-order valence-electron chi connectivity index (χ3n) is 7.68. The molecule has 9 heteroatoms. The Labute approximate surface area is 229 Å². The molecular weight excluding hydrogens is 490 g/mol. The van der Waals surface area contributed by atoms with E-state index in [0.29, 0.717) is 30.4 Å². The molecule has 0 amide bonds. The molecule has 1 aliphatic rings. The second kappa shape index (κ2) is 11.9. The molecule has 1 aliphatic carbocycles. The molecule has 0 unspecified atom stereocenters. The first kappa shape index (κ1) is 26.7. The number of fused-ring (bicyclic) bond motifs is 3. The molecule has 1 saturated carbocycles. The summed E-state index contributed by atoms with van der Waals surface area (Å²) in [5, 5.41) is 27.3. The van der Waals surface area contributed by atoms with Gasteiger partial charge in [-0.1, -0.05) is 31.9 Å². The van der Waals surface area contributed by atoms with Gasteiger partial charge in [0, 0.05) is 36.2 Å². The lowest BCUT2D eigenvalue weighted by atomic mass is 9.93. The number of ether oxygens (including phenoxy) is 1. The van der Waals surface area contributed by atoms with Gasteiger partial charge in [0.1, 0.15) is 16.8 Å². The predicted molar refractivity (Wildman–Crippen MR) is 155 cm³/mol. The maximum Gasteiger partial charge on any atom is 0.222 e. The van der Waals surface area contributed by atoms with E-state index in [2.05, 4.69) is 56.4 Å². The van der Waals surface area contributed by atoms with E-state index in [1.54, 1.807) is 13.2 Å². The Balaban J connectivity index is 1.61. The van der Waals surface area contributed by atoms with E-state index in [1.807, 2.05) is 12.1 Å². The van der Waals surface area contributed by atoms with Crippen LogP contribution in [0.4, 0.5) is 11.8 Å². The lowest BCUT2D eigenvalue weighted by Gasteiger charge is -2.26. The molecule has 39 heavy (non-hydrogen) atoms. The van der Waals surface area contributed by atoms with Crippen LogP contribution in [0.3, 0.4) is 0 Å². The highest BCUT2D eigenvalue weighted by Crippen LogP contribution is 2.35. The summed E-state index contributed by atoms with van der Waals surface area (Å²) in [5.41, 5.74) is 11.4. The Bertz CT molecular complexity index is 1500. The number of hydrogen-bond donors (Lipinski definition) is 4. The zero-order chi connectivity index (χ0) is 27.4. The summed E-state index contributed by atoms with van der Waals surface area (Å²) in [7, 11) is 1.70. The first-order valence-electron chi connectivity index (χ1n) is 13.8. The van der Waals surface area contributed by atoms with Crippen molar-refractivity contribution in [3.8, 4) is 11.8 Å². The van der Waals surface area contributed by atoms with E-state index in [4.69, 9.17) is 10.5 Å². The lowest BCUT2D eigenvalue weighted by Crippen LogP contribution is -2.34. The quantitative estimate of drug-likeness (QED) is 0.208. The molecule has 1 atom stereocenters. The summed E-state index contributed by atoms with van der Waals surface area (Å²) in [6.07, 6.45) is 6.24. The van der Waals surface area contributed by atoms with E-state index in [0.717, 1.165) is 52.6 Å². The van der Waals surface area contributed by atoms with Crippen molar-refractivity contribution in [2.75, 3.05) is 24.8 Å². The van der Waals surface area contributed by atoms with Crippen molar-refractivity contribution in [2.24, 2.45) is 0 Å². The summed E-state index contributed by atoms with van der Waals surface area (Å²) < 4.78 is 7.98. The van der Waals surface area contributed by atoms with Gasteiger partial charge in [-0.05, 0) is 55.5 Å². The van der Waals surface area contributed by atoms with Crippen LogP contribution in [0.2, 0.25) is 0 Å². The van der Waals surface area contributed by atoms with Gasteiger partial charge in [-0.2, -0.15) is 10.2 Å². The minimum atomic E-state index is 0.0376. The molecular formula is C30H37N7O2. The normalized spacial score (nSPS) is 14.3. The number of nitrogens with two attached hydrogens (primary N) is 1. The van der Waals surface area contributed by atoms with Crippen LogP contribution in [-0.4, -0.2) is 45.4 Å². The van der Waals surface area contributed by atoms with Crippen LogP contribution < -0.4 is 21.1 Å². The van der Waals surface area contributed by atoms with Crippen molar-refractivity contribution < 1.29 is 9.84 Å². The SMILES string of the molecule is CCC[C@@H](CCO)Nc1nc(N)nc2c3ccc(C#N)cc3n(Cc3ccc(CNC4CCC4)cc3OC)c12. The number of aliphatic hydroxyl groups is 1. The number of nitrogen functional groups attached to an aromatic ring is 1. The number of nitriles is 1. The van der Waals surface area contributed by atoms with Gasteiger partial charge in [-0.25, -0.2) is 4.98 Å². The molecule has 5 rings (SSSR count). The molecule has 2 heterocycles. The maximum absolute atomic E-state index is 9.64. The van der Waals surface area contributed by atoms with Gasteiger partial charge in [0.25, 0.3) is 0 Å². The first-order chi connectivity index (χ1) is 19.0. The van der Waals surface area contributed by atoms with E-state index in [-0.39, 0.29) is 18.6 Å². The molecule has 0 aliphatic heterocycles. The second-order valence-corrected chi connectivity index (χ2v) is 10.4. The average molecular weight is 528 g/mol. The molecule has 204 valence electrons. The second-order valence-electron chi connectivity index (χ2n) is 10.4. The highest BCUT2D eigenvalue weighted by molar-refractivity contribution is 6.09. The Kier molecular flexibility index (Phi) is 8.15. The summed E-state index contributed by atoms with van der Waals surface area (Å²) in [6, 6.07) is 14.9. The van der Waals surface area contributed by atoms with Crippen LogP contribution in [0, 0.1) is 11.3 Å². The van der Waals surface area contributed by atoms with Gasteiger partial charge in [0.15, 0.2) is 5.82 Å². The number of nitrogens with zero attached hydrogens (tertiary/aromatic N) is 4. The largest absolute Gasteiger partial charge is 0.496 e. The molecule has 4 aromatic rings. The average Bonchev–Trinajstić information content (AvgIpc) is 3.21. The van der Waals surface area contributed by atoms with Crippen LogP contribution >= 0.6 is 0 Å². The molecule has 0 spiro atoms. The number of hydrogen-bond acceptors (Lipinski definition) is 8. The summed E-state index contributed by atoms with van der Waals surface area (Å²) in [5.74, 6) is 1.61. The van der Waals surface area contributed by atoms with Crippen molar-refractivity contribution in [2.45, 2.75) is 70.6 Å². The smallest absolute Gasteiger partial charge is 0.222 e. The summed E-state index contributed by atoms with van der Waals surface area (Å²) in [6.45, 7) is 3.50. The Morgan fingerprint density at radius 3 is 2.74 bits per heavy atom. The van der Waals surface area contributed by atoms with Crippen molar-refractivity contribution >= 4 is 33.7 Å². The third kappa shape index (κ3) is 5.63. The molecule has 2 aromatic carbocycles. The highest BCUT2D eigenvalue weighted by atomic mass is 16.5. The predicted octanol–water partition coefficient (Wildman–Crippen LogP) is 4.70. The van der Waals surface area contributed by atoms with E-state index in [9.17, 15) is 10.4 Å². The van der Waals surface area contributed by atoms with E-state index in [1.165, 1.54) is 24.8 Å². The van der Waals surface area contributed by atoms with Crippen molar-refractivity contribution in [3.05, 3.63) is 53.1 Å². The van der Waals surface area contributed by atoms with Gasteiger partial charge in [0.2, 0.25) is 5.95 Å². The zero-order valence-electron chi connectivity index (χ0n) is 22.7. The standard InChI is InChI=1S/C30H37N7O2/c1-3-5-23(12-13-38)34-29-28-27(35-30(32)36-29)24-11-9-19(16-31)14-25(24)37(28)18-21-10-8-20(15-26(21)39-2)17-33-22-6-4-7-22/h8-11,14-15,22-23,33,38H,3-7,12-13,17-18H2,1-2H3,(H3,32,34,35,36)/t23-/m0/s1. The lowest BCUT2D eigenvalue weighted by molar-refractivity contribution is 0.276. The minimum Gasteiger partial charge on any atom is -0.496 e. The van der Waals surface area contributed by atoms with Crippen LogP contribution in [0.25, 0.3) is 21.9 Å². The molecule has 1 fully saturated rings.